The molecule has 11 heteroatoms. The van der Waals surface area contributed by atoms with E-state index in [-0.39, 0.29) is 17.1 Å². The molecule has 1 saturated heterocycles. The number of halogens is 2. The van der Waals surface area contributed by atoms with Gasteiger partial charge in [-0.15, -0.1) is 0 Å². The van der Waals surface area contributed by atoms with Crippen LogP contribution < -0.4 is 15.8 Å². The lowest BCUT2D eigenvalue weighted by molar-refractivity contribution is -0.132. The van der Waals surface area contributed by atoms with E-state index in [2.05, 4.69) is 15.0 Å². The molecule has 0 aliphatic carbocycles. The summed E-state index contributed by atoms with van der Waals surface area (Å²) in [7, 11) is -4.10. The molecule has 164 valence electrons. The van der Waals surface area contributed by atoms with Crippen LogP contribution in [0.15, 0.2) is 23.4 Å². The molecule has 4 N–H and O–H groups in total. The molecule has 0 bridgehead atoms. The third kappa shape index (κ3) is 5.40. The van der Waals surface area contributed by atoms with Crippen molar-refractivity contribution in [3.05, 3.63) is 18.5 Å². The van der Waals surface area contributed by atoms with E-state index in [1.54, 1.807) is 0 Å². The molecule has 0 radical (unpaired) electrons. The molecule has 8 nitrogen and oxygen atoms in total. The van der Waals surface area contributed by atoms with Crippen molar-refractivity contribution in [1.82, 2.24) is 9.71 Å². The number of anilines is 1. The van der Waals surface area contributed by atoms with E-state index in [0.717, 1.165) is 27.0 Å². The SMILES string of the molecule is CC(C)(F)C(C)(F)CNc1ccncc1S(=O)(=O)NCC1(C(N)=O)CCOCC1. The van der Waals surface area contributed by atoms with Crippen molar-refractivity contribution in [3.63, 3.8) is 0 Å². The van der Waals surface area contributed by atoms with Crippen molar-refractivity contribution < 1.29 is 26.7 Å². The Balaban J connectivity index is 2.20. The third-order valence-electron chi connectivity index (χ3n) is 5.50. The molecule has 0 aromatic carbocycles. The Hall–Kier alpha value is -1.85. The highest BCUT2D eigenvalue weighted by molar-refractivity contribution is 7.89. The lowest BCUT2D eigenvalue weighted by Gasteiger charge is -2.34. The summed E-state index contributed by atoms with van der Waals surface area (Å²) in [6, 6.07) is 1.36. The monoisotopic (exact) mass is 434 g/mol. The number of primary amides is 1. The predicted octanol–water partition coefficient (Wildman–Crippen LogP) is 1.53. The standard InChI is InChI=1S/C18H28F2N4O4S/c1-16(2,19)17(3,20)11-23-13-4-7-22-10-14(13)29(26,27)24-12-18(15(21)25)5-8-28-9-6-18/h4,7,10,24H,5-6,8-9,11-12H2,1-3H3,(H2,21,25)(H,22,23). The summed E-state index contributed by atoms with van der Waals surface area (Å²) in [6.45, 7) is 3.27. The van der Waals surface area contributed by atoms with Crippen LogP contribution in [0.1, 0.15) is 33.6 Å². The van der Waals surface area contributed by atoms with Crippen LogP contribution in [-0.4, -0.2) is 56.9 Å². The van der Waals surface area contributed by atoms with Crippen LogP contribution >= 0.6 is 0 Å². The summed E-state index contributed by atoms with van der Waals surface area (Å²) in [4.78, 5) is 15.5. The van der Waals surface area contributed by atoms with Gasteiger partial charge in [-0.3, -0.25) is 9.78 Å². The largest absolute Gasteiger partial charge is 0.381 e. The van der Waals surface area contributed by atoms with E-state index in [9.17, 15) is 22.0 Å². The number of hydrogen-bond acceptors (Lipinski definition) is 6. The summed E-state index contributed by atoms with van der Waals surface area (Å²) in [5.41, 5.74) is 0.146. The van der Waals surface area contributed by atoms with Crippen molar-refractivity contribution in [1.29, 1.82) is 0 Å². The number of nitrogens with two attached hydrogens (primary N) is 1. The summed E-state index contributed by atoms with van der Waals surface area (Å²) in [5.74, 6) is -0.605. The van der Waals surface area contributed by atoms with Gasteiger partial charge in [0.2, 0.25) is 15.9 Å². The molecule has 2 rings (SSSR count). The van der Waals surface area contributed by atoms with Crippen LogP contribution in [0.4, 0.5) is 14.5 Å². The smallest absolute Gasteiger partial charge is 0.244 e. The van der Waals surface area contributed by atoms with Crippen LogP contribution in [0.3, 0.4) is 0 Å². The van der Waals surface area contributed by atoms with Gasteiger partial charge in [-0.2, -0.15) is 0 Å². The Kier molecular flexibility index (Phi) is 6.86. The van der Waals surface area contributed by atoms with Crippen LogP contribution in [0.5, 0.6) is 0 Å². The van der Waals surface area contributed by atoms with Crippen molar-refractivity contribution >= 4 is 21.6 Å². The normalized spacial score (nSPS) is 19.3. The molecule has 1 amide bonds. The van der Waals surface area contributed by atoms with E-state index >= 15 is 0 Å². The fraction of sp³-hybridized carbons (Fsp3) is 0.667. The first-order chi connectivity index (χ1) is 13.3. The lowest BCUT2D eigenvalue weighted by atomic mass is 9.80. The average Bonchev–Trinajstić information content (AvgIpc) is 2.65. The molecule has 1 aliphatic rings. The highest BCUT2D eigenvalue weighted by Gasteiger charge is 2.42. The molecule has 0 spiro atoms. The number of rotatable bonds is 9. The Morgan fingerprint density at radius 2 is 1.93 bits per heavy atom. The van der Waals surface area contributed by atoms with Crippen molar-refractivity contribution in [3.8, 4) is 0 Å². The van der Waals surface area contributed by atoms with Crippen molar-refractivity contribution in [2.75, 3.05) is 31.6 Å². The topological polar surface area (TPSA) is 123 Å². The number of amides is 1. The molecule has 2 heterocycles. The van der Waals surface area contributed by atoms with Gasteiger partial charge in [0, 0.05) is 32.2 Å². The van der Waals surface area contributed by atoms with Gasteiger partial charge in [-0.05, 0) is 39.7 Å². The second-order valence-electron chi connectivity index (χ2n) is 7.98. The van der Waals surface area contributed by atoms with Gasteiger partial charge in [0.25, 0.3) is 0 Å². The number of sulfonamides is 1. The molecule has 1 aromatic rings. The van der Waals surface area contributed by atoms with Gasteiger partial charge in [-0.1, -0.05) is 0 Å². The quantitative estimate of drug-likeness (QED) is 0.542. The Bertz CT molecular complexity index is 835. The fourth-order valence-corrected chi connectivity index (χ4v) is 4.05. The van der Waals surface area contributed by atoms with Gasteiger partial charge in [0.15, 0.2) is 5.67 Å². The highest BCUT2D eigenvalue weighted by Crippen LogP contribution is 2.32. The lowest BCUT2D eigenvalue weighted by Crippen LogP contribution is -2.49. The van der Waals surface area contributed by atoms with E-state index in [1.165, 1.54) is 12.3 Å². The number of alkyl halides is 2. The van der Waals surface area contributed by atoms with Crippen LogP contribution in [0.25, 0.3) is 0 Å². The van der Waals surface area contributed by atoms with Crippen molar-refractivity contribution in [2.24, 2.45) is 11.1 Å². The highest BCUT2D eigenvalue weighted by atomic mass is 32.2. The first kappa shape index (κ1) is 23.4. The van der Waals surface area contributed by atoms with Gasteiger partial charge in [-0.25, -0.2) is 21.9 Å². The molecule has 1 aromatic heterocycles. The number of nitrogens with one attached hydrogen (secondary N) is 2. The first-order valence-corrected chi connectivity index (χ1v) is 10.7. The zero-order valence-electron chi connectivity index (χ0n) is 16.8. The number of carbonyl (C=O) groups is 1. The second-order valence-corrected chi connectivity index (χ2v) is 9.71. The minimum absolute atomic E-state index is 0.0701. The number of pyridine rings is 1. The van der Waals surface area contributed by atoms with Gasteiger partial charge in [0.05, 0.1) is 17.6 Å². The van der Waals surface area contributed by atoms with Gasteiger partial charge in [0.1, 0.15) is 10.6 Å². The Labute approximate surface area is 169 Å². The zero-order chi connectivity index (χ0) is 21.9. The maximum Gasteiger partial charge on any atom is 0.244 e. The first-order valence-electron chi connectivity index (χ1n) is 9.24. The van der Waals surface area contributed by atoms with E-state index in [4.69, 9.17) is 10.5 Å². The summed E-state index contributed by atoms with van der Waals surface area (Å²) in [6.07, 6.45) is 3.03. The van der Waals surface area contributed by atoms with Crippen molar-refractivity contribution in [2.45, 2.75) is 49.8 Å². The minimum atomic E-state index is -4.10. The van der Waals surface area contributed by atoms with E-state index < -0.39 is 39.2 Å². The van der Waals surface area contributed by atoms with E-state index in [1.807, 2.05) is 0 Å². The molecule has 1 atom stereocenters. The maximum atomic E-state index is 14.6. The van der Waals surface area contributed by atoms with Gasteiger partial charge >= 0.3 is 0 Å². The molecule has 1 aliphatic heterocycles. The van der Waals surface area contributed by atoms with Crippen LogP contribution in [0.2, 0.25) is 0 Å². The molecular weight excluding hydrogens is 406 g/mol. The number of nitrogens with zero attached hydrogens (tertiary/aromatic N) is 1. The van der Waals surface area contributed by atoms with E-state index in [0.29, 0.717) is 26.1 Å². The number of ether oxygens (including phenoxy) is 1. The maximum absolute atomic E-state index is 14.6. The zero-order valence-corrected chi connectivity index (χ0v) is 17.6. The molecule has 1 unspecified atom stereocenters. The fourth-order valence-electron chi connectivity index (χ4n) is 2.79. The Morgan fingerprint density at radius 3 is 2.48 bits per heavy atom. The van der Waals surface area contributed by atoms with Crippen LogP contribution in [-0.2, 0) is 19.6 Å². The van der Waals surface area contributed by atoms with Crippen LogP contribution in [0, 0.1) is 5.41 Å². The molecule has 29 heavy (non-hydrogen) atoms. The summed E-state index contributed by atoms with van der Waals surface area (Å²) >= 11 is 0. The summed E-state index contributed by atoms with van der Waals surface area (Å²) < 4.78 is 61.9. The molecule has 1 fully saturated rings. The molecule has 0 saturated carbocycles. The minimum Gasteiger partial charge on any atom is -0.381 e. The summed E-state index contributed by atoms with van der Waals surface area (Å²) in [5, 5.41) is 2.65. The predicted molar refractivity (Wildman–Crippen MR) is 104 cm³/mol. The third-order valence-corrected chi connectivity index (χ3v) is 6.93. The average molecular weight is 435 g/mol. The number of carbonyl (C=O) groups excluding carboxylic acids is 1. The number of aromatic nitrogens is 1. The second kappa shape index (κ2) is 8.49. The van der Waals surface area contributed by atoms with Gasteiger partial charge < -0.3 is 15.8 Å². The number of hydrogen-bond donors (Lipinski definition) is 3. The molecular formula is C18H28F2N4O4S. The Morgan fingerprint density at radius 1 is 1.31 bits per heavy atom.